The van der Waals surface area contributed by atoms with E-state index in [0.717, 1.165) is 5.69 Å². The molecule has 25 heavy (non-hydrogen) atoms. The van der Waals surface area contributed by atoms with Crippen LogP contribution >= 0.6 is 23.5 Å². The number of rotatable bonds is 6. The SMILES string of the molecule is CC(C)(C)C(=O)NCCCC(=O)Nc1cccc(C2SCCCS2)c1. The van der Waals surface area contributed by atoms with Gasteiger partial charge in [0.15, 0.2) is 0 Å². The molecule has 0 aliphatic carbocycles. The summed E-state index contributed by atoms with van der Waals surface area (Å²) in [5, 5.41) is 5.84. The van der Waals surface area contributed by atoms with Crippen molar-refractivity contribution < 1.29 is 9.59 Å². The fourth-order valence-electron chi connectivity index (χ4n) is 2.38. The summed E-state index contributed by atoms with van der Waals surface area (Å²) in [5.74, 6) is 2.41. The molecular weight excluding hydrogens is 352 g/mol. The quantitative estimate of drug-likeness (QED) is 0.717. The number of carbonyl (C=O) groups is 2. The van der Waals surface area contributed by atoms with Gasteiger partial charge < -0.3 is 10.6 Å². The van der Waals surface area contributed by atoms with E-state index in [1.807, 2.05) is 56.4 Å². The van der Waals surface area contributed by atoms with Crippen molar-refractivity contribution in [2.45, 2.75) is 44.6 Å². The maximum absolute atomic E-state index is 12.1. The molecule has 0 aromatic heterocycles. The van der Waals surface area contributed by atoms with Crippen LogP contribution < -0.4 is 10.6 Å². The highest BCUT2D eigenvalue weighted by atomic mass is 32.2. The van der Waals surface area contributed by atoms with Crippen molar-refractivity contribution in [3.63, 3.8) is 0 Å². The Morgan fingerprint density at radius 1 is 1.20 bits per heavy atom. The van der Waals surface area contributed by atoms with Crippen LogP contribution in [0.2, 0.25) is 0 Å². The molecule has 0 unspecified atom stereocenters. The van der Waals surface area contributed by atoms with E-state index in [0.29, 0.717) is 24.0 Å². The molecule has 1 aliphatic heterocycles. The van der Waals surface area contributed by atoms with Gasteiger partial charge >= 0.3 is 0 Å². The Bertz CT molecular complexity index is 593. The van der Waals surface area contributed by atoms with Gasteiger partial charge in [0.1, 0.15) is 0 Å². The van der Waals surface area contributed by atoms with E-state index in [-0.39, 0.29) is 11.8 Å². The van der Waals surface area contributed by atoms with Crippen molar-refractivity contribution in [1.29, 1.82) is 0 Å². The maximum Gasteiger partial charge on any atom is 0.225 e. The van der Waals surface area contributed by atoms with Crippen LogP contribution in [0.3, 0.4) is 0 Å². The average Bonchev–Trinajstić information content (AvgIpc) is 2.58. The lowest BCUT2D eigenvalue weighted by Gasteiger charge is -2.21. The van der Waals surface area contributed by atoms with Gasteiger partial charge in [-0.15, -0.1) is 23.5 Å². The Kier molecular flexibility index (Phi) is 7.69. The Balaban J connectivity index is 1.76. The molecule has 2 N–H and O–H groups in total. The molecule has 1 heterocycles. The number of nitrogens with one attached hydrogen (secondary N) is 2. The fourth-order valence-corrected chi connectivity index (χ4v) is 5.26. The van der Waals surface area contributed by atoms with Crippen LogP contribution in [0.25, 0.3) is 0 Å². The Labute approximate surface area is 159 Å². The largest absolute Gasteiger partial charge is 0.356 e. The zero-order valence-corrected chi connectivity index (χ0v) is 16.9. The molecule has 0 bridgehead atoms. The van der Waals surface area contributed by atoms with Crippen molar-refractivity contribution in [3.8, 4) is 0 Å². The molecule has 2 rings (SSSR count). The monoisotopic (exact) mass is 380 g/mol. The van der Waals surface area contributed by atoms with Gasteiger partial charge in [0.05, 0.1) is 4.58 Å². The zero-order valence-electron chi connectivity index (χ0n) is 15.3. The minimum atomic E-state index is -0.391. The van der Waals surface area contributed by atoms with Crippen molar-refractivity contribution >= 4 is 41.0 Å². The highest BCUT2D eigenvalue weighted by Gasteiger charge is 2.20. The van der Waals surface area contributed by atoms with Gasteiger partial charge in [-0.3, -0.25) is 9.59 Å². The summed E-state index contributed by atoms with van der Waals surface area (Å²) in [7, 11) is 0. The lowest BCUT2D eigenvalue weighted by atomic mass is 9.96. The van der Waals surface area contributed by atoms with Crippen molar-refractivity contribution in [2.75, 3.05) is 23.4 Å². The highest BCUT2D eigenvalue weighted by Crippen LogP contribution is 2.44. The first-order valence-electron chi connectivity index (χ1n) is 8.77. The van der Waals surface area contributed by atoms with Crippen LogP contribution in [0.15, 0.2) is 24.3 Å². The van der Waals surface area contributed by atoms with Crippen molar-refractivity contribution in [2.24, 2.45) is 5.41 Å². The van der Waals surface area contributed by atoms with Gasteiger partial charge in [0.2, 0.25) is 11.8 Å². The lowest BCUT2D eigenvalue weighted by Crippen LogP contribution is -2.35. The number of benzene rings is 1. The Morgan fingerprint density at radius 3 is 2.60 bits per heavy atom. The Morgan fingerprint density at radius 2 is 1.92 bits per heavy atom. The molecule has 0 spiro atoms. The second-order valence-electron chi connectivity index (χ2n) is 7.21. The van der Waals surface area contributed by atoms with Crippen molar-refractivity contribution in [3.05, 3.63) is 29.8 Å². The summed E-state index contributed by atoms with van der Waals surface area (Å²) in [6, 6.07) is 8.15. The van der Waals surface area contributed by atoms with Gasteiger partial charge in [-0.1, -0.05) is 32.9 Å². The molecule has 1 saturated heterocycles. The summed E-state index contributed by atoms with van der Waals surface area (Å²) in [6.45, 7) is 6.17. The standard InChI is InChI=1S/C19H28N2O2S2/c1-19(2,3)18(23)20-10-5-9-16(22)21-15-8-4-7-14(13-15)17-24-11-6-12-25-17/h4,7-8,13,17H,5-6,9-12H2,1-3H3,(H,20,23)(H,21,22). The second-order valence-corrected chi connectivity index (χ2v) is 9.93. The van der Waals surface area contributed by atoms with E-state index in [4.69, 9.17) is 0 Å². The number of thioether (sulfide) groups is 2. The number of carbonyl (C=O) groups excluding carboxylic acids is 2. The van der Waals surface area contributed by atoms with E-state index < -0.39 is 5.41 Å². The minimum absolute atomic E-state index is 0.00823. The van der Waals surface area contributed by atoms with Gasteiger partial charge in [-0.25, -0.2) is 0 Å². The van der Waals surface area contributed by atoms with Crippen LogP contribution in [-0.2, 0) is 9.59 Å². The van der Waals surface area contributed by atoms with Crippen LogP contribution in [0, 0.1) is 5.41 Å². The van der Waals surface area contributed by atoms with Gasteiger partial charge in [0.25, 0.3) is 0 Å². The molecule has 1 aromatic rings. The second kappa shape index (κ2) is 9.53. The number of hydrogen-bond acceptors (Lipinski definition) is 4. The number of anilines is 1. The molecule has 2 amide bonds. The van der Waals surface area contributed by atoms with Crippen LogP contribution in [0.5, 0.6) is 0 Å². The highest BCUT2D eigenvalue weighted by molar-refractivity contribution is 8.16. The summed E-state index contributed by atoms with van der Waals surface area (Å²) in [4.78, 5) is 23.9. The van der Waals surface area contributed by atoms with E-state index in [1.54, 1.807) is 0 Å². The molecule has 0 radical (unpaired) electrons. The summed E-state index contributed by atoms with van der Waals surface area (Å²) in [5.41, 5.74) is 1.73. The maximum atomic E-state index is 12.1. The molecule has 1 aromatic carbocycles. The molecule has 138 valence electrons. The first kappa shape index (κ1) is 20.2. The molecule has 6 heteroatoms. The molecule has 0 saturated carbocycles. The number of hydrogen-bond donors (Lipinski definition) is 2. The first-order chi connectivity index (χ1) is 11.9. The van der Waals surface area contributed by atoms with E-state index in [2.05, 4.69) is 22.8 Å². The third kappa shape index (κ3) is 6.94. The normalized spacial score (nSPS) is 15.6. The third-order valence-corrected chi connectivity index (χ3v) is 6.83. The third-order valence-electron chi connectivity index (χ3n) is 3.82. The molecule has 1 fully saturated rings. The average molecular weight is 381 g/mol. The summed E-state index contributed by atoms with van der Waals surface area (Å²) < 4.78 is 0.471. The summed E-state index contributed by atoms with van der Waals surface area (Å²) >= 11 is 3.95. The number of amides is 2. The summed E-state index contributed by atoms with van der Waals surface area (Å²) in [6.07, 6.45) is 2.32. The van der Waals surface area contributed by atoms with E-state index >= 15 is 0 Å². The first-order valence-corrected chi connectivity index (χ1v) is 10.9. The van der Waals surface area contributed by atoms with E-state index in [1.165, 1.54) is 23.5 Å². The predicted octanol–water partition coefficient (Wildman–Crippen LogP) is 4.44. The molecule has 4 nitrogen and oxygen atoms in total. The minimum Gasteiger partial charge on any atom is -0.356 e. The van der Waals surface area contributed by atoms with Crippen LogP contribution in [0.4, 0.5) is 5.69 Å². The Hall–Kier alpha value is -1.14. The predicted molar refractivity (Wildman–Crippen MR) is 109 cm³/mol. The van der Waals surface area contributed by atoms with Crippen molar-refractivity contribution in [1.82, 2.24) is 5.32 Å². The molecule has 1 aliphatic rings. The fraction of sp³-hybridized carbons (Fsp3) is 0.579. The van der Waals surface area contributed by atoms with Crippen LogP contribution in [-0.4, -0.2) is 29.9 Å². The van der Waals surface area contributed by atoms with Gasteiger partial charge in [-0.2, -0.15) is 0 Å². The van der Waals surface area contributed by atoms with E-state index in [9.17, 15) is 9.59 Å². The topological polar surface area (TPSA) is 58.2 Å². The van der Waals surface area contributed by atoms with Gasteiger partial charge in [-0.05, 0) is 42.0 Å². The van der Waals surface area contributed by atoms with Crippen LogP contribution in [0.1, 0.15) is 50.2 Å². The molecular formula is C19H28N2O2S2. The molecule has 0 atom stereocenters. The van der Waals surface area contributed by atoms with Gasteiger partial charge in [0, 0.05) is 24.1 Å². The smallest absolute Gasteiger partial charge is 0.225 e. The zero-order chi connectivity index (χ0) is 18.3. The lowest BCUT2D eigenvalue weighted by molar-refractivity contribution is -0.128.